The summed E-state index contributed by atoms with van der Waals surface area (Å²) < 4.78 is 4.38. The number of cyclic esters (lactones) is 2. The van der Waals surface area contributed by atoms with Crippen LogP contribution in [0.5, 0.6) is 0 Å². The van der Waals surface area contributed by atoms with Crippen molar-refractivity contribution in [1.29, 1.82) is 0 Å². The molecule has 1 rings (SSSR count). The molecule has 66 valence electrons. The average molecular weight is 168 g/mol. The smallest absolute Gasteiger partial charge is 0.314 e. The van der Waals surface area contributed by atoms with Gasteiger partial charge in [0.2, 0.25) is 0 Å². The van der Waals surface area contributed by atoms with Gasteiger partial charge in [-0.25, -0.2) is 0 Å². The zero-order chi connectivity index (χ0) is 8.97. The fourth-order valence-corrected chi connectivity index (χ4v) is 1.18. The molecular weight excluding hydrogens is 156 g/mol. The van der Waals surface area contributed by atoms with Crippen LogP contribution in [-0.4, -0.2) is 11.9 Å². The Hall–Kier alpha value is -1.12. The lowest BCUT2D eigenvalue weighted by molar-refractivity contribution is -0.164. The molecule has 0 saturated carbocycles. The molecule has 3 heteroatoms. The second-order valence-electron chi connectivity index (χ2n) is 2.85. The van der Waals surface area contributed by atoms with E-state index in [-0.39, 0.29) is 5.92 Å². The van der Waals surface area contributed by atoms with E-state index in [1.165, 1.54) is 0 Å². The molecule has 1 aliphatic rings. The highest BCUT2D eigenvalue weighted by Crippen LogP contribution is 2.18. The summed E-state index contributed by atoms with van der Waals surface area (Å²) >= 11 is 0. The van der Waals surface area contributed by atoms with Gasteiger partial charge in [-0.2, -0.15) is 0 Å². The van der Waals surface area contributed by atoms with Gasteiger partial charge in [0.1, 0.15) is 0 Å². The van der Waals surface area contributed by atoms with Gasteiger partial charge in [0.05, 0.1) is 12.8 Å². The number of hydrogen-bond acceptors (Lipinski definition) is 3. The number of carbonyl (C=O) groups excluding carboxylic acids is 2. The molecule has 0 amide bonds. The summed E-state index contributed by atoms with van der Waals surface area (Å²) in [6.45, 7) is 2.01. The van der Waals surface area contributed by atoms with Crippen LogP contribution in [0.2, 0.25) is 0 Å². The minimum Gasteiger partial charge on any atom is -0.393 e. The van der Waals surface area contributed by atoms with E-state index in [0.29, 0.717) is 12.8 Å². The summed E-state index contributed by atoms with van der Waals surface area (Å²) in [5.41, 5.74) is 0. The molecule has 1 heterocycles. The summed E-state index contributed by atoms with van der Waals surface area (Å²) in [7, 11) is 0. The van der Waals surface area contributed by atoms with Crippen LogP contribution in [0.1, 0.15) is 26.2 Å². The molecule has 1 saturated heterocycles. The van der Waals surface area contributed by atoms with Gasteiger partial charge in [0.25, 0.3) is 0 Å². The summed E-state index contributed by atoms with van der Waals surface area (Å²) in [5.74, 6) is -0.757. The Morgan fingerprint density at radius 3 is 2.50 bits per heavy atom. The minimum atomic E-state index is -0.406. The van der Waals surface area contributed by atoms with Gasteiger partial charge in [0, 0.05) is 0 Å². The molecular formula is C9H12O3. The van der Waals surface area contributed by atoms with Crippen LogP contribution in [0.4, 0.5) is 0 Å². The molecule has 0 aromatic heterocycles. The third kappa shape index (κ3) is 2.49. The minimum absolute atomic E-state index is 0.0544. The topological polar surface area (TPSA) is 43.4 Å². The first-order chi connectivity index (χ1) is 5.72. The molecule has 0 N–H and O–H groups in total. The maximum absolute atomic E-state index is 10.8. The Bertz CT molecular complexity index is 202. The lowest BCUT2D eigenvalue weighted by Gasteiger charge is -2.15. The largest absolute Gasteiger partial charge is 0.393 e. The standard InChI is InChI=1S/C9H12O3/c1-2-3-4-7-5-8(10)12-9(11)6-7/h3-4,7H,2,5-6H2,1H3/b4-3+. The van der Waals surface area contributed by atoms with Crippen molar-refractivity contribution in [3.8, 4) is 0 Å². The fourth-order valence-electron chi connectivity index (χ4n) is 1.18. The fraction of sp³-hybridized carbons (Fsp3) is 0.556. The van der Waals surface area contributed by atoms with Crippen LogP contribution in [0, 0.1) is 5.92 Å². The van der Waals surface area contributed by atoms with Crippen LogP contribution >= 0.6 is 0 Å². The van der Waals surface area contributed by atoms with Gasteiger partial charge in [-0.3, -0.25) is 9.59 Å². The van der Waals surface area contributed by atoms with Crippen molar-refractivity contribution in [2.45, 2.75) is 26.2 Å². The number of rotatable bonds is 2. The van der Waals surface area contributed by atoms with E-state index in [0.717, 1.165) is 6.42 Å². The van der Waals surface area contributed by atoms with E-state index in [4.69, 9.17) is 0 Å². The van der Waals surface area contributed by atoms with E-state index in [2.05, 4.69) is 4.74 Å². The Kier molecular flexibility index (Phi) is 3.02. The second-order valence-corrected chi connectivity index (χ2v) is 2.85. The molecule has 1 fully saturated rings. The maximum atomic E-state index is 10.8. The van der Waals surface area contributed by atoms with Crippen LogP contribution in [0.15, 0.2) is 12.2 Å². The monoisotopic (exact) mass is 168 g/mol. The Morgan fingerprint density at radius 1 is 1.42 bits per heavy atom. The van der Waals surface area contributed by atoms with E-state index in [1.807, 2.05) is 19.1 Å². The summed E-state index contributed by atoms with van der Waals surface area (Å²) in [6.07, 6.45) is 5.49. The molecule has 0 atom stereocenters. The molecule has 0 aromatic rings. The summed E-state index contributed by atoms with van der Waals surface area (Å²) in [5, 5.41) is 0. The van der Waals surface area contributed by atoms with E-state index in [1.54, 1.807) is 0 Å². The predicted octanol–water partition coefficient (Wildman–Crippen LogP) is 1.43. The third-order valence-corrected chi connectivity index (χ3v) is 1.73. The summed E-state index contributed by atoms with van der Waals surface area (Å²) in [6, 6.07) is 0. The molecule has 3 nitrogen and oxygen atoms in total. The van der Waals surface area contributed by atoms with Gasteiger partial charge in [-0.1, -0.05) is 19.1 Å². The molecule has 1 aliphatic heterocycles. The Morgan fingerprint density at radius 2 is 2.00 bits per heavy atom. The molecule has 0 unspecified atom stereocenters. The molecule has 0 aliphatic carbocycles. The van der Waals surface area contributed by atoms with Crippen molar-refractivity contribution in [3.63, 3.8) is 0 Å². The highest BCUT2D eigenvalue weighted by atomic mass is 16.6. The number of carbonyl (C=O) groups is 2. The highest BCUT2D eigenvalue weighted by Gasteiger charge is 2.24. The average Bonchev–Trinajstić information content (AvgIpc) is 1.99. The molecule has 0 bridgehead atoms. The van der Waals surface area contributed by atoms with Crippen LogP contribution in [0.3, 0.4) is 0 Å². The first kappa shape index (κ1) is 8.97. The molecule has 0 radical (unpaired) electrons. The van der Waals surface area contributed by atoms with E-state index >= 15 is 0 Å². The Labute approximate surface area is 71.4 Å². The van der Waals surface area contributed by atoms with E-state index < -0.39 is 11.9 Å². The number of hydrogen-bond donors (Lipinski definition) is 0. The highest BCUT2D eigenvalue weighted by molar-refractivity contribution is 5.88. The van der Waals surface area contributed by atoms with E-state index in [9.17, 15) is 9.59 Å². The first-order valence-electron chi connectivity index (χ1n) is 4.12. The quantitative estimate of drug-likeness (QED) is 0.356. The van der Waals surface area contributed by atoms with Crippen LogP contribution in [-0.2, 0) is 14.3 Å². The van der Waals surface area contributed by atoms with Gasteiger partial charge in [0.15, 0.2) is 0 Å². The number of allylic oxidation sites excluding steroid dienone is 2. The predicted molar refractivity (Wildman–Crippen MR) is 43.3 cm³/mol. The van der Waals surface area contributed by atoms with Crippen molar-refractivity contribution in [2.24, 2.45) is 5.92 Å². The van der Waals surface area contributed by atoms with Gasteiger partial charge < -0.3 is 4.74 Å². The second kappa shape index (κ2) is 4.04. The normalized spacial score (nSPS) is 20.1. The van der Waals surface area contributed by atoms with Crippen molar-refractivity contribution in [3.05, 3.63) is 12.2 Å². The van der Waals surface area contributed by atoms with Crippen molar-refractivity contribution in [1.82, 2.24) is 0 Å². The summed E-state index contributed by atoms with van der Waals surface area (Å²) in [4.78, 5) is 21.5. The van der Waals surface area contributed by atoms with Crippen molar-refractivity contribution >= 4 is 11.9 Å². The van der Waals surface area contributed by atoms with Crippen LogP contribution in [0.25, 0.3) is 0 Å². The third-order valence-electron chi connectivity index (χ3n) is 1.73. The van der Waals surface area contributed by atoms with Crippen LogP contribution < -0.4 is 0 Å². The molecule has 0 spiro atoms. The zero-order valence-corrected chi connectivity index (χ0v) is 7.08. The lowest BCUT2D eigenvalue weighted by Crippen LogP contribution is -2.24. The maximum Gasteiger partial charge on any atom is 0.314 e. The van der Waals surface area contributed by atoms with Crippen molar-refractivity contribution < 1.29 is 14.3 Å². The first-order valence-corrected chi connectivity index (χ1v) is 4.12. The lowest BCUT2D eigenvalue weighted by atomic mass is 9.99. The van der Waals surface area contributed by atoms with Gasteiger partial charge in [-0.05, 0) is 12.3 Å². The Balaban J connectivity index is 2.49. The van der Waals surface area contributed by atoms with Gasteiger partial charge >= 0.3 is 11.9 Å². The molecule has 12 heavy (non-hydrogen) atoms. The van der Waals surface area contributed by atoms with Gasteiger partial charge in [-0.15, -0.1) is 0 Å². The molecule has 0 aromatic carbocycles. The SMILES string of the molecule is CC/C=C/C1CC(=O)OC(=O)C1. The zero-order valence-electron chi connectivity index (χ0n) is 7.08. The van der Waals surface area contributed by atoms with Crippen molar-refractivity contribution in [2.75, 3.05) is 0 Å². The number of ether oxygens (including phenoxy) is 1. The number of esters is 2.